The van der Waals surface area contributed by atoms with Crippen LogP contribution in [0.1, 0.15) is 32.6 Å². The summed E-state index contributed by atoms with van der Waals surface area (Å²) in [5.74, 6) is -0.842. The van der Waals surface area contributed by atoms with Crippen molar-refractivity contribution in [3.05, 3.63) is 0 Å². The van der Waals surface area contributed by atoms with Gasteiger partial charge in [0.1, 0.15) is 6.04 Å². The number of rotatable bonds is 4. The van der Waals surface area contributed by atoms with Crippen LogP contribution >= 0.6 is 0 Å². The van der Waals surface area contributed by atoms with Gasteiger partial charge in [-0.3, -0.25) is 9.59 Å². The van der Waals surface area contributed by atoms with E-state index in [2.05, 4.69) is 0 Å². The van der Waals surface area contributed by atoms with Crippen molar-refractivity contribution in [2.75, 3.05) is 20.1 Å². The van der Waals surface area contributed by atoms with E-state index in [-0.39, 0.29) is 23.7 Å². The minimum Gasteiger partial charge on any atom is -0.480 e. The van der Waals surface area contributed by atoms with Crippen LogP contribution in [0.3, 0.4) is 0 Å². The number of aliphatic carboxylic acids is 1. The highest BCUT2D eigenvalue weighted by molar-refractivity contribution is 5.85. The molecule has 2 fully saturated rings. The van der Waals surface area contributed by atoms with Crippen LogP contribution in [0.25, 0.3) is 0 Å². The Labute approximate surface area is 118 Å². The highest BCUT2D eigenvalue weighted by Gasteiger charge is 2.37. The molecule has 1 atom stereocenters. The molecular formula is C14H22N2O4. The van der Waals surface area contributed by atoms with Crippen LogP contribution in [0.4, 0.5) is 0 Å². The maximum Gasteiger partial charge on any atom is 0.326 e. The van der Waals surface area contributed by atoms with Gasteiger partial charge >= 0.3 is 5.97 Å². The molecule has 1 unspecified atom stereocenters. The summed E-state index contributed by atoms with van der Waals surface area (Å²) in [5.41, 5.74) is 0. The molecule has 1 heterocycles. The number of nitrogens with zero attached hydrogens (tertiary/aromatic N) is 2. The van der Waals surface area contributed by atoms with E-state index in [0.29, 0.717) is 25.9 Å². The molecule has 1 aliphatic carbocycles. The first-order valence-electron chi connectivity index (χ1n) is 7.20. The van der Waals surface area contributed by atoms with Gasteiger partial charge in [-0.25, -0.2) is 4.79 Å². The van der Waals surface area contributed by atoms with Crippen LogP contribution < -0.4 is 0 Å². The summed E-state index contributed by atoms with van der Waals surface area (Å²) in [6, 6.07) is -0.811. The topological polar surface area (TPSA) is 77.9 Å². The summed E-state index contributed by atoms with van der Waals surface area (Å²) in [5, 5.41) is 8.94. The zero-order chi connectivity index (χ0) is 14.9. The number of piperidine rings is 1. The maximum absolute atomic E-state index is 12.2. The maximum atomic E-state index is 12.2. The van der Waals surface area contributed by atoms with Gasteiger partial charge in [0.2, 0.25) is 11.8 Å². The summed E-state index contributed by atoms with van der Waals surface area (Å²) in [7, 11) is 1.53. The predicted molar refractivity (Wildman–Crippen MR) is 71.9 cm³/mol. The number of carboxylic acids is 1. The van der Waals surface area contributed by atoms with Crippen LogP contribution in [-0.4, -0.2) is 58.9 Å². The van der Waals surface area contributed by atoms with Gasteiger partial charge in [0.05, 0.1) is 0 Å². The van der Waals surface area contributed by atoms with E-state index in [1.54, 1.807) is 0 Å². The van der Waals surface area contributed by atoms with E-state index in [1.165, 1.54) is 18.9 Å². The number of amides is 2. The molecule has 2 amide bonds. The van der Waals surface area contributed by atoms with Crippen LogP contribution in [0.2, 0.25) is 0 Å². The Morgan fingerprint density at radius 2 is 1.65 bits per heavy atom. The van der Waals surface area contributed by atoms with Gasteiger partial charge in [0, 0.05) is 32.0 Å². The lowest BCUT2D eigenvalue weighted by atomic mass is 9.94. The molecule has 6 heteroatoms. The second-order valence-corrected chi connectivity index (χ2v) is 5.84. The third-order valence-corrected chi connectivity index (χ3v) is 4.37. The fourth-order valence-electron chi connectivity index (χ4n) is 2.58. The summed E-state index contributed by atoms with van der Waals surface area (Å²) >= 11 is 0. The molecule has 1 aliphatic heterocycles. The summed E-state index contributed by atoms with van der Waals surface area (Å²) in [6.45, 7) is 2.73. The Hall–Kier alpha value is -1.59. The second-order valence-electron chi connectivity index (χ2n) is 5.84. The molecule has 0 aromatic rings. The quantitative estimate of drug-likeness (QED) is 0.817. The van der Waals surface area contributed by atoms with Gasteiger partial charge in [-0.15, -0.1) is 0 Å². The Balaban J connectivity index is 1.85. The number of likely N-dealkylation sites (tertiary alicyclic amines) is 1. The number of hydrogen-bond acceptors (Lipinski definition) is 3. The lowest BCUT2D eigenvalue weighted by molar-refractivity contribution is -0.151. The summed E-state index contributed by atoms with van der Waals surface area (Å²) in [4.78, 5) is 38.2. The Morgan fingerprint density at radius 1 is 1.10 bits per heavy atom. The molecule has 2 aliphatic rings. The molecule has 0 aromatic heterocycles. The second kappa shape index (κ2) is 5.81. The van der Waals surface area contributed by atoms with Gasteiger partial charge in [-0.1, -0.05) is 0 Å². The van der Waals surface area contributed by atoms with Crippen molar-refractivity contribution in [2.24, 2.45) is 11.8 Å². The van der Waals surface area contributed by atoms with Crippen LogP contribution in [0, 0.1) is 11.8 Å². The van der Waals surface area contributed by atoms with E-state index >= 15 is 0 Å². The molecule has 1 N–H and O–H groups in total. The molecule has 1 saturated heterocycles. The van der Waals surface area contributed by atoms with Gasteiger partial charge in [-0.05, 0) is 32.6 Å². The van der Waals surface area contributed by atoms with E-state index in [4.69, 9.17) is 5.11 Å². The number of carboxylic acid groups (broad SMARTS) is 1. The SMILES string of the molecule is CC(C(=O)O)N(C)C(=O)C1CCN(C(=O)C2CC2)CC1. The van der Waals surface area contributed by atoms with E-state index in [9.17, 15) is 14.4 Å². The normalized spacial score (nSPS) is 21.4. The molecular weight excluding hydrogens is 260 g/mol. The van der Waals surface area contributed by atoms with E-state index in [0.717, 1.165) is 12.8 Å². The Morgan fingerprint density at radius 3 is 2.10 bits per heavy atom. The van der Waals surface area contributed by atoms with Crippen molar-refractivity contribution in [1.82, 2.24) is 9.80 Å². The van der Waals surface area contributed by atoms with Crippen molar-refractivity contribution in [1.29, 1.82) is 0 Å². The van der Waals surface area contributed by atoms with Crippen molar-refractivity contribution in [2.45, 2.75) is 38.6 Å². The molecule has 0 bridgehead atoms. The molecule has 20 heavy (non-hydrogen) atoms. The number of carbonyl (C=O) groups is 3. The average molecular weight is 282 g/mol. The third kappa shape index (κ3) is 3.11. The first-order valence-corrected chi connectivity index (χ1v) is 7.20. The molecule has 6 nitrogen and oxygen atoms in total. The van der Waals surface area contributed by atoms with Gasteiger partial charge < -0.3 is 14.9 Å². The van der Waals surface area contributed by atoms with E-state index in [1.807, 2.05) is 4.90 Å². The standard InChI is InChI=1S/C14H22N2O4/c1-9(14(19)20)15(2)12(17)11-5-7-16(8-6-11)13(18)10-3-4-10/h9-11H,3-8H2,1-2H3,(H,19,20). The fraction of sp³-hybridized carbons (Fsp3) is 0.786. The minimum atomic E-state index is -0.998. The van der Waals surface area contributed by atoms with Crippen molar-refractivity contribution in [3.63, 3.8) is 0 Å². The molecule has 112 valence electrons. The lowest BCUT2D eigenvalue weighted by Crippen LogP contribution is -2.47. The zero-order valence-electron chi connectivity index (χ0n) is 12.0. The van der Waals surface area contributed by atoms with Crippen LogP contribution in [0.15, 0.2) is 0 Å². The van der Waals surface area contributed by atoms with E-state index < -0.39 is 12.0 Å². The first-order chi connectivity index (χ1) is 9.41. The van der Waals surface area contributed by atoms with Gasteiger partial charge in [-0.2, -0.15) is 0 Å². The lowest BCUT2D eigenvalue weighted by Gasteiger charge is -2.34. The van der Waals surface area contributed by atoms with Gasteiger partial charge in [0.25, 0.3) is 0 Å². The highest BCUT2D eigenvalue weighted by atomic mass is 16.4. The minimum absolute atomic E-state index is 0.126. The van der Waals surface area contributed by atoms with Crippen molar-refractivity contribution < 1.29 is 19.5 Å². The van der Waals surface area contributed by atoms with Crippen LogP contribution in [-0.2, 0) is 14.4 Å². The Bertz CT molecular complexity index is 411. The highest BCUT2D eigenvalue weighted by Crippen LogP contribution is 2.32. The number of carbonyl (C=O) groups excluding carboxylic acids is 2. The van der Waals surface area contributed by atoms with Crippen molar-refractivity contribution >= 4 is 17.8 Å². The molecule has 1 saturated carbocycles. The monoisotopic (exact) mass is 282 g/mol. The largest absolute Gasteiger partial charge is 0.480 e. The van der Waals surface area contributed by atoms with Gasteiger partial charge in [0.15, 0.2) is 0 Å². The fourth-order valence-corrected chi connectivity index (χ4v) is 2.58. The molecule has 0 spiro atoms. The molecule has 2 rings (SSSR count). The summed E-state index contributed by atoms with van der Waals surface area (Å²) in [6.07, 6.45) is 3.26. The Kier molecular flexibility index (Phi) is 4.30. The summed E-state index contributed by atoms with van der Waals surface area (Å²) < 4.78 is 0. The number of hydrogen-bond donors (Lipinski definition) is 1. The van der Waals surface area contributed by atoms with Crippen molar-refractivity contribution in [3.8, 4) is 0 Å². The molecule has 0 radical (unpaired) electrons. The first kappa shape index (κ1) is 14.8. The third-order valence-electron chi connectivity index (χ3n) is 4.37. The molecule has 0 aromatic carbocycles. The zero-order valence-corrected chi connectivity index (χ0v) is 12.0. The average Bonchev–Trinajstić information content (AvgIpc) is 3.28. The van der Waals surface area contributed by atoms with Crippen LogP contribution in [0.5, 0.6) is 0 Å². The predicted octanol–water partition coefficient (Wildman–Crippen LogP) is 0.566. The number of likely N-dealkylation sites (N-methyl/N-ethyl adjacent to an activating group) is 1. The smallest absolute Gasteiger partial charge is 0.326 e.